The molecule has 0 saturated heterocycles. The zero-order valence-corrected chi connectivity index (χ0v) is 9.76. The smallest absolute Gasteiger partial charge is 0.306 e. The molecule has 0 spiro atoms. The van der Waals surface area contributed by atoms with Crippen molar-refractivity contribution in [2.45, 2.75) is 26.3 Å². The highest BCUT2D eigenvalue weighted by Gasteiger charge is 2.23. The fourth-order valence-corrected chi connectivity index (χ4v) is 1.97. The molecule has 0 atom stereocenters. The van der Waals surface area contributed by atoms with Gasteiger partial charge in [-0.1, -0.05) is 0 Å². The Balaban J connectivity index is 2.03. The van der Waals surface area contributed by atoms with Gasteiger partial charge in [-0.25, -0.2) is 4.68 Å². The second kappa shape index (κ2) is 4.99. The van der Waals surface area contributed by atoms with Gasteiger partial charge in [0.25, 0.3) is 0 Å². The number of amides is 1. The van der Waals surface area contributed by atoms with Gasteiger partial charge in [0.1, 0.15) is 5.82 Å². The first-order valence-corrected chi connectivity index (χ1v) is 5.68. The maximum Gasteiger partial charge on any atom is 0.306 e. The summed E-state index contributed by atoms with van der Waals surface area (Å²) in [7, 11) is 0. The van der Waals surface area contributed by atoms with Crippen LogP contribution in [0.2, 0.25) is 0 Å². The summed E-state index contributed by atoms with van der Waals surface area (Å²) >= 11 is 0. The zero-order chi connectivity index (χ0) is 12.3. The van der Waals surface area contributed by atoms with Gasteiger partial charge in [0, 0.05) is 18.5 Å². The third-order valence-corrected chi connectivity index (χ3v) is 2.74. The van der Waals surface area contributed by atoms with Crippen LogP contribution in [0.1, 0.15) is 18.9 Å². The number of hydrogen-bond acceptors (Lipinski definition) is 4. The number of rotatable bonds is 5. The Morgan fingerprint density at radius 2 is 2.41 bits per heavy atom. The molecule has 2 heterocycles. The van der Waals surface area contributed by atoms with Crippen LogP contribution >= 0.6 is 0 Å². The molecule has 2 rings (SSSR count). The van der Waals surface area contributed by atoms with Crippen molar-refractivity contribution in [2.75, 3.05) is 18.1 Å². The molecule has 1 aliphatic heterocycles. The van der Waals surface area contributed by atoms with Gasteiger partial charge in [-0.15, -0.1) is 0 Å². The number of carbonyl (C=O) groups is 2. The van der Waals surface area contributed by atoms with Crippen LogP contribution < -0.4 is 4.90 Å². The Morgan fingerprint density at radius 1 is 1.59 bits per heavy atom. The highest BCUT2D eigenvalue weighted by atomic mass is 16.5. The van der Waals surface area contributed by atoms with Gasteiger partial charge in [0.2, 0.25) is 6.41 Å². The van der Waals surface area contributed by atoms with Crippen molar-refractivity contribution in [3.63, 3.8) is 0 Å². The van der Waals surface area contributed by atoms with E-state index in [-0.39, 0.29) is 5.97 Å². The van der Waals surface area contributed by atoms with E-state index < -0.39 is 0 Å². The number of aromatic nitrogens is 2. The number of ether oxygens (including phenoxy) is 1. The van der Waals surface area contributed by atoms with E-state index in [1.165, 1.54) is 0 Å². The Morgan fingerprint density at radius 3 is 3.12 bits per heavy atom. The first kappa shape index (κ1) is 11.6. The van der Waals surface area contributed by atoms with Gasteiger partial charge in [-0.05, 0) is 13.3 Å². The molecule has 0 radical (unpaired) electrons. The summed E-state index contributed by atoms with van der Waals surface area (Å²) in [6.07, 6.45) is 3.39. The minimum Gasteiger partial charge on any atom is -0.466 e. The molecule has 0 fully saturated rings. The van der Waals surface area contributed by atoms with Gasteiger partial charge in [0.05, 0.1) is 19.3 Å². The molecule has 1 aliphatic rings. The molecule has 17 heavy (non-hydrogen) atoms. The second-order valence-corrected chi connectivity index (χ2v) is 3.82. The molecule has 0 bridgehead atoms. The molecule has 0 unspecified atom stereocenters. The average Bonchev–Trinajstić information content (AvgIpc) is 2.88. The van der Waals surface area contributed by atoms with Crippen molar-refractivity contribution < 1.29 is 14.3 Å². The lowest BCUT2D eigenvalue weighted by molar-refractivity contribution is -0.143. The third kappa shape index (κ3) is 2.30. The van der Waals surface area contributed by atoms with Gasteiger partial charge in [-0.2, -0.15) is 5.10 Å². The molecule has 0 N–H and O–H groups in total. The fraction of sp³-hybridized carbons (Fsp3) is 0.545. The number of fused-ring (bicyclic) bond motifs is 1. The maximum atomic E-state index is 11.3. The van der Waals surface area contributed by atoms with Gasteiger partial charge in [-0.3, -0.25) is 14.5 Å². The predicted molar refractivity (Wildman–Crippen MR) is 60.6 cm³/mol. The van der Waals surface area contributed by atoms with Crippen LogP contribution in [0.15, 0.2) is 6.20 Å². The zero-order valence-electron chi connectivity index (χ0n) is 9.76. The number of carbonyl (C=O) groups excluding carboxylic acids is 2. The molecule has 6 nitrogen and oxygen atoms in total. The van der Waals surface area contributed by atoms with Crippen molar-refractivity contribution in [3.05, 3.63) is 11.8 Å². The number of anilines is 1. The van der Waals surface area contributed by atoms with Crippen molar-refractivity contribution in [1.29, 1.82) is 0 Å². The summed E-state index contributed by atoms with van der Waals surface area (Å²) in [4.78, 5) is 23.7. The van der Waals surface area contributed by atoms with Crippen LogP contribution in [0.5, 0.6) is 0 Å². The number of hydrogen-bond donors (Lipinski definition) is 0. The lowest BCUT2D eigenvalue weighted by Gasteiger charge is -2.09. The van der Waals surface area contributed by atoms with E-state index in [9.17, 15) is 9.59 Å². The second-order valence-electron chi connectivity index (χ2n) is 3.82. The molecular weight excluding hydrogens is 222 g/mol. The average molecular weight is 237 g/mol. The van der Waals surface area contributed by atoms with E-state index in [2.05, 4.69) is 5.10 Å². The minimum absolute atomic E-state index is 0.219. The normalized spacial score (nSPS) is 13.6. The van der Waals surface area contributed by atoms with Crippen molar-refractivity contribution in [3.8, 4) is 0 Å². The standard InChI is InChI=1S/C11H15N3O3/c1-2-17-10(16)4-3-9-7-12-14-6-5-13(8-15)11(9)14/h7-8H,2-6H2,1H3. The first-order valence-electron chi connectivity index (χ1n) is 5.68. The molecule has 92 valence electrons. The quantitative estimate of drug-likeness (QED) is 0.547. The van der Waals surface area contributed by atoms with Crippen LogP contribution in [-0.4, -0.2) is 35.3 Å². The lowest BCUT2D eigenvalue weighted by Crippen LogP contribution is -2.18. The summed E-state index contributed by atoms with van der Waals surface area (Å²) in [5.41, 5.74) is 0.919. The molecule has 1 aromatic rings. The minimum atomic E-state index is -0.219. The van der Waals surface area contributed by atoms with Crippen LogP contribution in [-0.2, 0) is 27.3 Å². The number of esters is 1. The van der Waals surface area contributed by atoms with Gasteiger partial charge in [0.15, 0.2) is 0 Å². The van der Waals surface area contributed by atoms with Gasteiger partial charge >= 0.3 is 5.97 Å². The van der Waals surface area contributed by atoms with Gasteiger partial charge < -0.3 is 4.74 Å². The van der Waals surface area contributed by atoms with Crippen molar-refractivity contribution >= 4 is 18.2 Å². The summed E-state index contributed by atoms with van der Waals surface area (Å²) in [5, 5.41) is 4.18. The molecular formula is C11H15N3O3. The summed E-state index contributed by atoms with van der Waals surface area (Å²) in [6.45, 7) is 3.54. The summed E-state index contributed by atoms with van der Waals surface area (Å²) in [6, 6.07) is 0. The molecule has 1 amide bonds. The monoisotopic (exact) mass is 237 g/mol. The van der Waals surface area contributed by atoms with Crippen LogP contribution in [0, 0.1) is 0 Å². The number of nitrogens with zero attached hydrogens (tertiary/aromatic N) is 3. The summed E-state index contributed by atoms with van der Waals surface area (Å²) < 4.78 is 6.65. The Labute approximate surface area is 99.1 Å². The highest BCUT2D eigenvalue weighted by molar-refractivity contribution is 5.76. The SMILES string of the molecule is CCOC(=O)CCc1cnn2c1N(C=O)CC2. The topological polar surface area (TPSA) is 64.4 Å². The van der Waals surface area contributed by atoms with E-state index in [1.54, 1.807) is 22.7 Å². The molecule has 6 heteroatoms. The molecule has 1 aromatic heterocycles. The first-order chi connectivity index (χ1) is 8.26. The Bertz CT molecular complexity index is 428. The third-order valence-electron chi connectivity index (χ3n) is 2.74. The van der Waals surface area contributed by atoms with E-state index in [4.69, 9.17) is 4.74 Å². The largest absolute Gasteiger partial charge is 0.466 e. The lowest BCUT2D eigenvalue weighted by atomic mass is 10.2. The van der Waals surface area contributed by atoms with Crippen LogP contribution in [0.25, 0.3) is 0 Å². The maximum absolute atomic E-state index is 11.3. The van der Waals surface area contributed by atoms with E-state index in [1.807, 2.05) is 0 Å². The predicted octanol–water partition coefficient (Wildman–Crippen LogP) is 0.355. The van der Waals surface area contributed by atoms with Crippen LogP contribution in [0.4, 0.5) is 5.82 Å². The van der Waals surface area contributed by atoms with Crippen molar-refractivity contribution in [2.24, 2.45) is 0 Å². The van der Waals surface area contributed by atoms with E-state index in [0.29, 0.717) is 32.5 Å². The number of aryl methyl sites for hydroxylation is 1. The Kier molecular flexibility index (Phi) is 3.41. The fourth-order valence-electron chi connectivity index (χ4n) is 1.97. The molecule has 0 saturated carbocycles. The van der Waals surface area contributed by atoms with Crippen molar-refractivity contribution in [1.82, 2.24) is 9.78 Å². The Hall–Kier alpha value is -1.85. The highest BCUT2D eigenvalue weighted by Crippen LogP contribution is 2.25. The van der Waals surface area contributed by atoms with E-state index >= 15 is 0 Å². The molecule has 0 aliphatic carbocycles. The summed E-state index contributed by atoms with van der Waals surface area (Å²) in [5.74, 6) is 0.590. The molecule has 0 aromatic carbocycles. The van der Waals surface area contributed by atoms with Crippen LogP contribution in [0.3, 0.4) is 0 Å². The van der Waals surface area contributed by atoms with E-state index in [0.717, 1.165) is 17.8 Å².